The molecule has 0 atom stereocenters. The van der Waals surface area contributed by atoms with E-state index >= 15 is 0 Å². The van der Waals surface area contributed by atoms with Crippen LogP contribution in [0.5, 0.6) is 0 Å². The summed E-state index contributed by atoms with van der Waals surface area (Å²) in [5, 5.41) is 7.24. The Morgan fingerprint density at radius 1 is 1.53 bits per heavy atom. The van der Waals surface area contributed by atoms with Crippen LogP contribution in [0.3, 0.4) is 0 Å². The highest BCUT2D eigenvalue weighted by Crippen LogP contribution is 2.04. The number of ether oxygens (including phenoxy) is 1. The van der Waals surface area contributed by atoms with E-state index in [1.165, 1.54) is 4.68 Å². The summed E-state index contributed by atoms with van der Waals surface area (Å²) in [7, 11) is 0. The van der Waals surface area contributed by atoms with Crippen LogP contribution >= 0.6 is 0 Å². The lowest BCUT2D eigenvalue weighted by molar-refractivity contribution is -0.118. The van der Waals surface area contributed by atoms with E-state index in [2.05, 4.69) is 10.3 Å². The van der Waals surface area contributed by atoms with Crippen LogP contribution in [0.25, 0.3) is 0 Å². The molecule has 0 radical (unpaired) electrons. The van der Waals surface area contributed by atoms with E-state index in [1.807, 2.05) is 0 Å². The van der Waals surface area contributed by atoms with Gasteiger partial charge in [0, 0.05) is 0 Å². The second kappa shape index (κ2) is 4.54. The molecule has 0 bridgehead atoms. The molecule has 1 aromatic rings. The van der Waals surface area contributed by atoms with Crippen molar-refractivity contribution in [3.05, 3.63) is 11.4 Å². The standard InChI is InChI=1S/C8H12N4O3/c1-3-15-8(14)7-5(2)12(11-10-7)4-6(9)13/h3-4H2,1-2H3,(H2,9,13). The third-order valence-electron chi connectivity index (χ3n) is 1.76. The monoisotopic (exact) mass is 212 g/mol. The number of rotatable bonds is 4. The van der Waals surface area contributed by atoms with Gasteiger partial charge < -0.3 is 10.5 Å². The maximum Gasteiger partial charge on any atom is 0.360 e. The number of nitrogens with zero attached hydrogens (tertiary/aromatic N) is 3. The van der Waals surface area contributed by atoms with E-state index in [0.29, 0.717) is 5.69 Å². The molecule has 1 heterocycles. The van der Waals surface area contributed by atoms with Gasteiger partial charge in [-0.3, -0.25) is 4.79 Å². The van der Waals surface area contributed by atoms with Crippen molar-refractivity contribution in [2.75, 3.05) is 6.61 Å². The summed E-state index contributed by atoms with van der Waals surface area (Å²) in [5.41, 5.74) is 5.57. The molecule has 0 saturated carbocycles. The molecule has 2 N–H and O–H groups in total. The Kier molecular flexibility index (Phi) is 3.37. The number of aromatic nitrogens is 3. The first-order valence-electron chi connectivity index (χ1n) is 4.41. The van der Waals surface area contributed by atoms with Gasteiger partial charge >= 0.3 is 5.97 Å². The summed E-state index contributed by atoms with van der Waals surface area (Å²) in [6.45, 7) is 3.48. The molecule has 1 aromatic heterocycles. The summed E-state index contributed by atoms with van der Waals surface area (Å²) in [5.74, 6) is -1.09. The first-order valence-corrected chi connectivity index (χ1v) is 4.41. The summed E-state index contributed by atoms with van der Waals surface area (Å²) < 4.78 is 6.01. The summed E-state index contributed by atoms with van der Waals surface area (Å²) in [6, 6.07) is 0. The first-order chi connectivity index (χ1) is 7.06. The van der Waals surface area contributed by atoms with Crippen LogP contribution in [-0.4, -0.2) is 33.5 Å². The predicted molar refractivity (Wildman–Crippen MR) is 49.9 cm³/mol. The largest absolute Gasteiger partial charge is 0.461 e. The van der Waals surface area contributed by atoms with Crippen LogP contribution in [0, 0.1) is 6.92 Å². The van der Waals surface area contributed by atoms with E-state index in [0.717, 1.165) is 0 Å². The van der Waals surface area contributed by atoms with Gasteiger partial charge in [-0.2, -0.15) is 0 Å². The van der Waals surface area contributed by atoms with Crippen molar-refractivity contribution >= 4 is 11.9 Å². The molecule has 0 aliphatic heterocycles. The first kappa shape index (κ1) is 11.2. The molecule has 15 heavy (non-hydrogen) atoms. The molecule has 0 spiro atoms. The number of carbonyl (C=O) groups is 2. The maximum absolute atomic E-state index is 11.3. The third kappa shape index (κ3) is 2.52. The molecule has 1 amide bonds. The van der Waals surface area contributed by atoms with Gasteiger partial charge in [0.1, 0.15) is 6.54 Å². The fourth-order valence-corrected chi connectivity index (χ4v) is 1.05. The van der Waals surface area contributed by atoms with Crippen molar-refractivity contribution in [3.63, 3.8) is 0 Å². The minimum atomic E-state index is -0.550. The lowest BCUT2D eigenvalue weighted by atomic mass is 10.3. The second-order valence-electron chi connectivity index (χ2n) is 2.87. The molecule has 82 valence electrons. The van der Waals surface area contributed by atoms with Gasteiger partial charge in [0.25, 0.3) is 0 Å². The van der Waals surface area contributed by atoms with Crippen molar-refractivity contribution in [1.29, 1.82) is 0 Å². The van der Waals surface area contributed by atoms with Crippen molar-refractivity contribution in [2.24, 2.45) is 5.73 Å². The zero-order chi connectivity index (χ0) is 11.4. The van der Waals surface area contributed by atoms with Gasteiger partial charge in [-0.25, -0.2) is 9.48 Å². The average Bonchev–Trinajstić information content (AvgIpc) is 2.48. The minimum absolute atomic E-state index is 0.0990. The van der Waals surface area contributed by atoms with E-state index in [9.17, 15) is 9.59 Å². The van der Waals surface area contributed by atoms with Gasteiger partial charge in [-0.05, 0) is 13.8 Å². The van der Waals surface area contributed by atoms with Gasteiger partial charge in [0.2, 0.25) is 5.91 Å². The highest BCUT2D eigenvalue weighted by molar-refractivity contribution is 5.88. The molecule has 0 unspecified atom stereocenters. The zero-order valence-corrected chi connectivity index (χ0v) is 8.56. The van der Waals surface area contributed by atoms with Crippen molar-refractivity contribution in [2.45, 2.75) is 20.4 Å². The molecule has 0 fully saturated rings. The lowest BCUT2D eigenvalue weighted by Crippen LogP contribution is -2.20. The number of nitrogens with two attached hydrogens (primary N) is 1. The Hall–Kier alpha value is -1.92. The Bertz CT molecular complexity index is 385. The normalized spacial score (nSPS) is 10.0. The van der Waals surface area contributed by atoms with E-state index < -0.39 is 11.9 Å². The molecule has 0 saturated heterocycles. The number of hydrogen-bond donors (Lipinski definition) is 1. The van der Waals surface area contributed by atoms with E-state index in [4.69, 9.17) is 10.5 Å². The topological polar surface area (TPSA) is 100 Å². The number of hydrogen-bond acceptors (Lipinski definition) is 5. The number of esters is 1. The lowest BCUT2D eigenvalue weighted by Gasteiger charge is -2.00. The van der Waals surface area contributed by atoms with Crippen LogP contribution in [0.1, 0.15) is 23.1 Å². The Morgan fingerprint density at radius 3 is 2.73 bits per heavy atom. The molecule has 0 aliphatic carbocycles. The predicted octanol–water partition coefficient (Wildman–Crippen LogP) is -0.751. The van der Waals surface area contributed by atoms with Crippen LogP contribution in [-0.2, 0) is 16.1 Å². The number of primary amides is 1. The molecule has 1 rings (SSSR count). The quantitative estimate of drug-likeness (QED) is 0.662. The van der Waals surface area contributed by atoms with Gasteiger partial charge in [0.05, 0.1) is 12.3 Å². The number of amides is 1. The molecule has 7 heteroatoms. The highest BCUT2D eigenvalue weighted by atomic mass is 16.5. The summed E-state index contributed by atoms with van der Waals surface area (Å²) in [6.07, 6.45) is 0. The van der Waals surface area contributed by atoms with Crippen molar-refractivity contribution in [3.8, 4) is 0 Å². The van der Waals surface area contributed by atoms with Gasteiger partial charge in [0.15, 0.2) is 5.69 Å². The van der Waals surface area contributed by atoms with Crippen LogP contribution in [0.15, 0.2) is 0 Å². The minimum Gasteiger partial charge on any atom is -0.461 e. The Morgan fingerprint density at radius 2 is 2.20 bits per heavy atom. The number of carbonyl (C=O) groups excluding carboxylic acids is 2. The maximum atomic E-state index is 11.3. The van der Waals surface area contributed by atoms with Crippen molar-refractivity contribution < 1.29 is 14.3 Å². The Labute approximate surface area is 86.2 Å². The molecular formula is C8H12N4O3. The fraction of sp³-hybridized carbons (Fsp3) is 0.500. The van der Waals surface area contributed by atoms with Gasteiger partial charge in [-0.1, -0.05) is 5.21 Å². The molecule has 0 aliphatic rings. The van der Waals surface area contributed by atoms with E-state index in [1.54, 1.807) is 13.8 Å². The van der Waals surface area contributed by atoms with Crippen LogP contribution in [0.4, 0.5) is 0 Å². The Balaban J connectivity index is 2.88. The SMILES string of the molecule is CCOC(=O)c1nnn(CC(N)=O)c1C. The second-order valence-corrected chi connectivity index (χ2v) is 2.87. The summed E-state index contributed by atoms with van der Waals surface area (Å²) in [4.78, 5) is 22.0. The van der Waals surface area contributed by atoms with Crippen LogP contribution < -0.4 is 5.73 Å². The molecular weight excluding hydrogens is 200 g/mol. The fourth-order valence-electron chi connectivity index (χ4n) is 1.05. The zero-order valence-electron chi connectivity index (χ0n) is 8.56. The van der Waals surface area contributed by atoms with E-state index in [-0.39, 0.29) is 18.8 Å². The van der Waals surface area contributed by atoms with Crippen LogP contribution in [0.2, 0.25) is 0 Å². The third-order valence-corrected chi connectivity index (χ3v) is 1.76. The van der Waals surface area contributed by atoms with Crippen molar-refractivity contribution in [1.82, 2.24) is 15.0 Å². The smallest absolute Gasteiger partial charge is 0.360 e. The van der Waals surface area contributed by atoms with Gasteiger partial charge in [-0.15, -0.1) is 5.10 Å². The summed E-state index contributed by atoms with van der Waals surface area (Å²) >= 11 is 0. The average molecular weight is 212 g/mol. The molecule has 0 aromatic carbocycles. The highest BCUT2D eigenvalue weighted by Gasteiger charge is 2.17. The molecule has 7 nitrogen and oxygen atoms in total.